The van der Waals surface area contributed by atoms with E-state index in [1.165, 1.54) is 6.07 Å². The molecule has 0 aliphatic carbocycles. The van der Waals surface area contributed by atoms with Crippen molar-refractivity contribution in [1.82, 2.24) is 9.55 Å². The van der Waals surface area contributed by atoms with Gasteiger partial charge in [0.15, 0.2) is 5.82 Å². The lowest BCUT2D eigenvalue weighted by molar-refractivity contribution is 0.562. The Morgan fingerprint density at radius 3 is 3.00 bits per heavy atom. The maximum absolute atomic E-state index is 13.5. The quantitative estimate of drug-likeness (QED) is 0.736. The molecule has 86 valence electrons. The summed E-state index contributed by atoms with van der Waals surface area (Å²) >= 11 is 0. The molecule has 0 saturated carbocycles. The van der Waals surface area contributed by atoms with Gasteiger partial charge < -0.3 is 14.7 Å². The van der Waals surface area contributed by atoms with Crippen LogP contribution in [0, 0.1) is 5.82 Å². The Labute approximate surface area is 96.5 Å². The minimum atomic E-state index is -0.361. The summed E-state index contributed by atoms with van der Waals surface area (Å²) < 4.78 is 20.3. The lowest BCUT2D eigenvalue weighted by atomic mass is 10.3. The van der Waals surface area contributed by atoms with Gasteiger partial charge in [-0.3, -0.25) is 0 Å². The molecule has 0 bridgehead atoms. The summed E-state index contributed by atoms with van der Waals surface area (Å²) in [5.41, 5.74) is 7.74. The molecule has 0 fully saturated rings. The lowest BCUT2D eigenvalue weighted by Gasteiger charge is -2.03. The van der Waals surface area contributed by atoms with E-state index in [2.05, 4.69) is 4.98 Å². The van der Waals surface area contributed by atoms with Crippen LogP contribution in [0.15, 0.2) is 41.2 Å². The van der Waals surface area contributed by atoms with Crippen molar-refractivity contribution in [1.29, 1.82) is 0 Å². The molecule has 0 radical (unpaired) electrons. The molecule has 0 spiro atoms. The number of rotatable bonds is 2. The number of halogens is 1. The molecule has 0 aliphatic rings. The largest absolute Gasteiger partial charge is 0.472 e. The number of furan rings is 1. The standard InChI is InChI=1S/C12H10FN3O/c13-9-2-1-3-10-11(9)15-12(14)16(10)6-8-4-5-17-7-8/h1-5,7H,6H2,(H2,14,15). The zero-order valence-corrected chi connectivity index (χ0v) is 8.93. The first-order valence-electron chi connectivity index (χ1n) is 5.17. The number of nitrogens with zero attached hydrogens (tertiary/aromatic N) is 2. The molecule has 0 aliphatic heterocycles. The molecule has 0 saturated heterocycles. The van der Waals surface area contributed by atoms with Gasteiger partial charge in [-0.25, -0.2) is 9.37 Å². The number of para-hydroxylation sites is 1. The smallest absolute Gasteiger partial charge is 0.201 e. The summed E-state index contributed by atoms with van der Waals surface area (Å²) in [5.74, 6) is -0.0635. The van der Waals surface area contributed by atoms with Crippen LogP contribution < -0.4 is 5.73 Å². The molecule has 4 nitrogen and oxygen atoms in total. The van der Waals surface area contributed by atoms with Crippen molar-refractivity contribution in [2.24, 2.45) is 0 Å². The van der Waals surface area contributed by atoms with Gasteiger partial charge >= 0.3 is 0 Å². The van der Waals surface area contributed by atoms with Crippen molar-refractivity contribution in [3.05, 3.63) is 48.2 Å². The van der Waals surface area contributed by atoms with E-state index in [0.29, 0.717) is 23.5 Å². The number of hydrogen-bond donors (Lipinski definition) is 1. The first kappa shape index (κ1) is 9.89. The highest BCUT2D eigenvalue weighted by Crippen LogP contribution is 2.21. The third-order valence-electron chi connectivity index (χ3n) is 2.68. The predicted octanol–water partition coefficient (Wildman–Crippen LogP) is 2.40. The predicted molar refractivity (Wildman–Crippen MR) is 61.9 cm³/mol. The molecular formula is C12H10FN3O. The molecule has 2 aromatic heterocycles. The van der Waals surface area contributed by atoms with E-state index in [9.17, 15) is 4.39 Å². The molecule has 0 atom stereocenters. The fraction of sp³-hybridized carbons (Fsp3) is 0.0833. The summed E-state index contributed by atoms with van der Waals surface area (Å²) in [6.07, 6.45) is 3.22. The highest BCUT2D eigenvalue weighted by molar-refractivity contribution is 5.79. The molecule has 0 amide bonds. The second kappa shape index (κ2) is 3.62. The van der Waals surface area contributed by atoms with Gasteiger partial charge in [-0.1, -0.05) is 6.07 Å². The minimum Gasteiger partial charge on any atom is -0.472 e. The fourth-order valence-corrected chi connectivity index (χ4v) is 1.86. The number of aromatic nitrogens is 2. The van der Waals surface area contributed by atoms with Gasteiger partial charge in [0.25, 0.3) is 0 Å². The van der Waals surface area contributed by atoms with Gasteiger partial charge in [-0.2, -0.15) is 0 Å². The maximum Gasteiger partial charge on any atom is 0.201 e. The number of fused-ring (bicyclic) bond motifs is 1. The molecule has 1 aromatic carbocycles. The Bertz CT molecular complexity index is 658. The van der Waals surface area contributed by atoms with E-state index in [0.717, 1.165) is 5.56 Å². The summed E-state index contributed by atoms with van der Waals surface area (Å²) in [7, 11) is 0. The van der Waals surface area contributed by atoms with E-state index in [1.807, 2.05) is 6.07 Å². The Balaban J connectivity index is 2.16. The average molecular weight is 231 g/mol. The van der Waals surface area contributed by atoms with Crippen LogP contribution in [0.5, 0.6) is 0 Å². The Morgan fingerprint density at radius 1 is 1.35 bits per heavy atom. The third kappa shape index (κ3) is 1.56. The molecule has 3 rings (SSSR count). The van der Waals surface area contributed by atoms with Gasteiger partial charge in [0.2, 0.25) is 5.95 Å². The van der Waals surface area contributed by atoms with Crippen LogP contribution in [0.3, 0.4) is 0 Å². The molecule has 2 heterocycles. The van der Waals surface area contributed by atoms with Crippen LogP contribution in [0.1, 0.15) is 5.56 Å². The first-order valence-corrected chi connectivity index (χ1v) is 5.17. The molecule has 3 aromatic rings. The highest BCUT2D eigenvalue weighted by atomic mass is 19.1. The fourth-order valence-electron chi connectivity index (χ4n) is 1.86. The van der Waals surface area contributed by atoms with E-state index < -0.39 is 0 Å². The van der Waals surface area contributed by atoms with Crippen LogP contribution >= 0.6 is 0 Å². The van der Waals surface area contributed by atoms with Gasteiger partial charge in [0.05, 0.1) is 24.6 Å². The summed E-state index contributed by atoms with van der Waals surface area (Å²) in [4.78, 5) is 4.03. The second-order valence-corrected chi connectivity index (χ2v) is 3.80. The molecule has 17 heavy (non-hydrogen) atoms. The van der Waals surface area contributed by atoms with Crippen molar-refractivity contribution in [2.45, 2.75) is 6.54 Å². The first-order chi connectivity index (χ1) is 8.25. The highest BCUT2D eigenvalue weighted by Gasteiger charge is 2.11. The van der Waals surface area contributed by atoms with Crippen molar-refractivity contribution >= 4 is 17.0 Å². The van der Waals surface area contributed by atoms with Crippen molar-refractivity contribution in [2.75, 3.05) is 5.73 Å². The van der Waals surface area contributed by atoms with E-state index in [4.69, 9.17) is 10.2 Å². The normalized spacial score (nSPS) is 11.1. The number of nitrogen functional groups attached to an aromatic ring is 1. The Kier molecular flexibility index (Phi) is 2.11. The van der Waals surface area contributed by atoms with E-state index in [1.54, 1.807) is 29.2 Å². The number of benzene rings is 1. The second-order valence-electron chi connectivity index (χ2n) is 3.80. The lowest BCUT2D eigenvalue weighted by Crippen LogP contribution is -2.03. The van der Waals surface area contributed by atoms with Crippen molar-refractivity contribution < 1.29 is 8.81 Å². The minimum absolute atomic E-state index is 0.298. The summed E-state index contributed by atoms with van der Waals surface area (Å²) in [6, 6.07) is 6.65. The Morgan fingerprint density at radius 2 is 2.24 bits per heavy atom. The van der Waals surface area contributed by atoms with Crippen LogP contribution in [-0.2, 0) is 6.54 Å². The van der Waals surface area contributed by atoms with Gasteiger partial charge in [-0.05, 0) is 18.2 Å². The van der Waals surface area contributed by atoms with Gasteiger partial charge in [0.1, 0.15) is 5.52 Å². The molecule has 5 heteroatoms. The number of imidazole rings is 1. The molecule has 2 N–H and O–H groups in total. The average Bonchev–Trinajstić information content (AvgIpc) is 2.91. The summed E-state index contributed by atoms with van der Waals surface area (Å²) in [5, 5.41) is 0. The van der Waals surface area contributed by atoms with Crippen LogP contribution in [0.2, 0.25) is 0 Å². The number of hydrogen-bond acceptors (Lipinski definition) is 3. The molecule has 0 unspecified atom stereocenters. The third-order valence-corrected chi connectivity index (χ3v) is 2.68. The van der Waals surface area contributed by atoms with Crippen LogP contribution in [-0.4, -0.2) is 9.55 Å². The summed E-state index contributed by atoms with van der Waals surface area (Å²) in [6.45, 7) is 0.516. The monoisotopic (exact) mass is 231 g/mol. The zero-order valence-electron chi connectivity index (χ0n) is 8.93. The van der Waals surface area contributed by atoms with Gasteiger partial charge in [-0.15, -0.1) is 0 Å². The molecular weight excluding hydrogens is 221 g/mol. The van der Waals surface area contributed by atoms with Crippen molar-refractivity contribution in [3.8, 4) is 0 Å². The Hall–Kier alpha value is -2.30. The zero-order chi connectivity index (χ0) is 11.8. The maximum atomic E-state index is 13.5. The van der Waals surface area contributed by atoms with Crippen molar-refractivity contribution in [3.63, 3.8) is 0 Å². The van der Waals surface area contributed by atoms with E-state index in [-0.39, 0.29) is 5.82 Å². The van der Waals surface area contributed by atoms with E-state index >= 15 is 0 Å². The topological polar surface area (TPSA) is 57.0 Å². The van der Waals surface area contributed by atoms with Crippen LogP contribution in [0.4, 0.5) is 10.3 Å². The number of anilines is 1. The van der Waals surface area contributed by atoms with Crippen LogP contribution in [0.25, 0.3) is 11.0 Å². The SMILES string of the molecule is Nc1nc2c(F)cccc2n1Cc1ccoc1. The van der Waals surface area contributed by atoms with Gasteiger partial charge in [0, 0.05) is 5.56 Å². The number of nitrogens with two attached hydrogens (primary N) is 1.